The van der Waals surface area contributed by atoms with Crippen molar-refractivity contribution in [1.82, 2.24) is 15.0 Å². The van der Waals surface area contributed by atoms with Crippen molar-refractivity contribution in [2.24, 2.45) is 17.6 Å². The summed E-state index contributed by atoms with van der Waals surface area (Å²) in [4.78, 5) is 16.2. The maximum atomic E-state index is 14.5. The molecule has 0 amide bonds. The van der Waals surface area contributed by atoms with Crippen molar-refractivity contribution in [3.05, 3.63) is 53.2 Å². The molecule has 2 fully saturated rings. The zero-order chi connectivity index (χ0) is 22.7. The van der Waals surface area contributed by atoms with Crippen molar-refractivity contribution in [1.29, 1.82) is 0 Å². The van der Waals surface area contributed by atoms with Gasteiger partial charge in [0.25, 0.3) is 0 Å². The molecule has 1 aliphatic heterocycles. The number of anilines is 2. The summed E-state index contributed by atoms with van der Waals surface area (Å²) in [5.74, 6) is 2.15. The van der Waals surface area contributed by atoms with E-state index in [0.29, 0.717) is 24.0 Å². The van der Waals surface area contributed by atoms with Gasteiger partial charge >= 0.3 is 6.01 Å². The smallest absolute Gasteiger partial charge is 0.324 e. The summed E-state index contributed by atoms with van der Waals surface area (Å²) in [7, 11) is 1.81. The molecule has 1 saturated carbocycles. The number of hydrogen-bond acceptors (Lipinski definition) is 7. The number of nitrogens with two attached hydrogens (primary N) is 1. The zero-order valence-electron chi connectivity index (χ0n) is 18.8. The van der Waals surface area contributed by atoms with Crippen LogP contribution in [0.4, 0.5) is 15.9 Å². The summed E-state index contributed by atoms with van der Waals surface area (Å²) in [5, 5.41) is 3.13. The maximum Gasteiger partial charge on any atom is 0.324 e. The first kappa shape index (κ1) is 20.4. The highest BCUT2D eigenvalue weighted by atomic mass is 19.1. The highest BCUT2D eigenvalue weighted by molar-refractivity contribution is 5.88. The number of nitrogens with zero attached hydrogens (tertiary/aromatic N) is 4. The quantitative estimate of drug-likeness (QED) is 0.491. The largest absolute Gasteiger partial charge is 0.423 e. The van der Waals surface area contributed by atoms with E-state index in [2.05, 4.69) is 15.2 Å². The fourth-order valence-electron chi connectivity index (χ4n) is 5.69. The van der Waals surface area contributed by atoms with Crippen molar-refractivity contribution in [3.63, 3.8) is 0 Å². The fourth-order valence-corrected chi connectivity index (χ4v) is 5.69. The molecule has 1 saturated heterocycles. The van der Waals surface area contributed by atoms with E-state index < -0.39 is 0 Å². The number of rotatable bonds is 4. The molecule has 3 aliphatic rings. The van der Waals surface area contributed by atoms with Gasteiger partial charge in [-0.15, -0.1) is 0 Å². The van der Waals surface area contributed by atoms with Crippen molar-refractivity contribution < 1.29 is 9.13 Å². The van der Waals surface area contributed by atoms with Gasteiger partial charge in [-0.3, -0.25) is 4.98 Å². The lowest BCUT2D eigenvalue weighted by molar-refractivity contribution is 0.438. The van der Waals surface area contributed by atoms with Gasteiger partial charge in [-0.25, -0.2) is 4.39 Å². The second kappa shape index (κ2) is 7.66. The molecule has 0 radical (unpaired) electrons. The standard InChI is InChI=1S/C25H27FN6O/c1-13-3-5-16(10-29-13)33-25-30-22-9-17-18(7-15(26)8-21(17)28-2)23(22)24(31-25)32-11-14-4-6-20(27)19(14)12-32/h3,5,7-8,10,14,19-20,28H,4,6,9,11-12,27H2,1-2H3/t14-,19+,20+/m1/s1. The van der Waals surface area contributed by atoms with E-state index in [-0.39, 0.29) is 17.9 Å². The molecule has 33 heavy (non-hydrogen) atoms. The summed E-state index contributed by atoms with van der Waals surface area (Å²) < 4.78 is 20.5. The molecule has 0 unspecified atom stereocenters. The van der Waals surface area contributed by atoms with Gasteiger partial charge in [-0.2, -0.15) is 9.97 Å². The second-order valence-electron chi connectivity index (χ2n) is 9.37. The molecule has 0 spiro atoms. The minimum Gasteiger partial charge on any atom is -0.423 e. The van der Waals surface area contributed by atoms with Crippen LogP contribution in [0.15, 0.2) is 30.5 Å². The number of pyridine rings is 1. The Balaban J connectivity index is 1.45. The van der Waals surface area contributed by atoms with Crippen LogP contribution in [0.5, 0.6) is 11.8 Å². The molecule has 2 aromatic heterocycles. The van der Waals surface area contributed by atoms with Crippen LogP contribution in [0, 0.1) is 24.6 Å². The number of halogens is 1. The van der Waals surface area contributed by atoms with Crippen molar-refractivity contribution in [2.75, 3.05) is 30.4 Å². The molecule has 170 valence electrons. The van der Waals surface area contributed by atoms with E-state index >= 15 is 0 Å². The lowest BCUT2D eigenvalue weighted by Gasteiger charge is -2.23. The Kier molecular flexibility index (Phi) is 4.72. The molecule has 8 heteroatoms. The fraction of sp³-hybridized carbons (Fsp3) is 0.400. The van der Waals surface area contributed by atoms with Gasteiger partial charge in [-0.1, -0.05) is 0 Å². The van der Waals surface area contributed by atoms with Crippen LogP contribution >= 0.6 is 0 Å². The van der Waals surface area contributed by atoms with E-state index in [4.69, 9.17) is 20.4 Å². The highest BCUT2D eigenvalue weighted by Gasteiger charge is 2.43. The average Bonchev–Trinajstić information content (AvgIpc) is 3.48. The van der Waals surface area contributed by atoms with Gasteiger partial charge < -0.3 is 20.7 Å². The average molecular weight is 447 g/mol. The lowest BCUT2D eigenvalue weighted by atomic mass is 9.98. The first-order valence-corrected chi connectivity index (χ1v) is 11.5. The Labute approximate surface area is 192 Å². The van der Waals surface area contributed by atoms with Gasteiger partial charge in [0.2, 0.25) is 0 Å². The molecular weight excluding hydrogens is 419 g/mol. The van der Waals surface area contributed by atoms with E-state index in [9.17, 15) is 4.39 Å². The Morgan fingerprint density at radius 1 is 1.18 bits per heavy atom. The number of ether oxygens (including phenoxy) is 1. The van der Waals surface area contributed by atoms with E-state index in [0.717, 1.165) is 65.5 Å². The molecule has 0 bridgehead atoms. The number of hydrogen-bond donors (Lipinski definition) is 2. The molecule has 1 aromatic carbocycles. The van der Waals surface area contributed by atoms with E-state index in [1.54, 1.807) is 12.3 Å². The molecular formula is C25H27FN6O. The Morgan fingerprint density at radius 3 is 2.82 bits per heavy atom. The molecule has 3 heterocycles. The van der Waals surface area contributed by atoms with Crippen LogP contribution in [0.1, 0.15) is 29.8 Å². The van der Waals surface area contributed by atoms with Crippen LogP contribution in [-0.2, 0) is 6.42 Å². The van der Waals surface area contributed by atoms with E-state index in [1.165, 1.54) is 6.07 Å². The molecule has 3 atom stereocenters. The number of aryl methyl sites for hydroxylation is 1. The summed E-state index contributed by atoms with van der Waals surface area (Å²) in [6.07, 6.45) is 4.50. The maximum absolute atomic E-state index is 14.5. The van der Waals surface area contributed by atoms with Crippen LogP contribution in [0.3, 0.4) is 0 Å². The molecule has 6 rings (SSSR count). The second-order valence-corrected chi connectivity index (χ2v) is 9.37. The number of benzene rings is 1. The summed E-state index contributed by atoms with van der Waals surface area (Å²) in [5.41, 5.74) is 11.7. The molecule has 3 aromatic rings. The highest BCUT2D eigenvalue weighted by Crippen LogP contribution is 2.48. The van der Waals surface area contributed by atoms with Crippen molar-refractivity contribution >= 4 is 11.5 Å². The van der Waals surface area contributed by atoms with Crippen LogP contribution in [-0.4, -0.2) is 41.1 Å². The van der Waals surface area contributed by atoms with Gasteiger partial charge in [0, 0.05) is 49.5 Å². The third-order valence-corrected chi connectivity index (χ3v) is 7.35. The monoisotopic (exact) mass is 446 g/mol. The SMILES string of the molecule is CNc1cc(F)cc2c1Cc1nc(Oc3ccc(C)nc3)nc(N3C[C@H]4CC[C@H](N)[C@H]4C3)c1-2. The number of fused-ring (bicyclic) bond motifs is 4. The van der Waals surface area contributed by atoms with Crippen LogP contribution in [0.25, 0.3) is 11.1 Å². The number of nitrogens with one attached hydrogen (secondary N) is 1. The Morgan fingerprint density at radius 2 is 2.06 bits per heavy atom. The predicted octanol–water partition coefficient (Wildman–Crippen LogP) is 3.90. The zero-order valence-corrected chi connectivity index (χ0v) is 18.8. The summed E-state index contributed by atoms with van der Waals surface area (Å²) in [6, 6.07) is 7.40. The van der Waals surface area contributed by atoms with Gasteiger partial charge in [0.15, 0.2) is 0 Å². The predicted molar refractivity (Wildman–Crippen MR) is 125 cm³/mol. The Bertz CT molecular complexity index is 1230. The molecule has 2 aliphatic carbocycles. The lowest BCUT2D eigenvalue weighted by Crippen LogP contribution is -2.30. The third-order valence-electron chi connectivity index (χ3n) is 7.35. The first-order valence-electron chi connectivity index (χ1n) is 11.5. The van der Waals surface area contributed by atoms with Gasteiger partial charge in [-0.05, 0) is 67.0 Å². The Hall–Kier alpha value is -3.26. The topological polar surface area (TPSA) is 89.2 Å². The van der Waals surface area contributed by atoms with Crippen molar-refractivity contribution in [2.45, 2.75) is 32.2 Å². The number of aromatic nitrogens is 3. The molecule has 3 N–H and O–H groups in total. The normalized spacial score (nSPS) is 22.8. The van der Waals surface area contributed by atoms with Crippen molar-refractivity contribution in [3.8, 4) is 22.9 Å². The first-order chi connectivity index (χ1) is 16.0. The minimum atomic E-state index is -0.275. The van der Waals surface area contributed by atoms with Crippen LogP contribution < -0.4 is 20.7 Å². The molecule has 7 nitrogen and oxygen atoms in total. The summed E-state index contributed by atoms with van der Waals surface area (Å²) in [6.45, 7) is 3.68. The third kappa shape index (κ3) is 3.40. The van der Waals surface area contributed by atoms with Crippen LogP contribution in [0.2, 0.25) is 0 Å². The van der Waals surface area contributed by atoms with E-state index in [1.807, 2.05) is 26.1 Å². The van der Waals surface area contributed by atoms with Gasteiger partial charge in [0.05, 0.1) is 11.9 Å². The van der Waals surface area contributed by atoms with Gasteiger partial charge in [0.1, 0.15) is 17.4 Å². The minimum absolute atomic E-state index is 0.227. The summed E-state index contributed by atoms with van der Waals surface area (Å²) >= 11 is 0.